The molecule has 25 heavy (non-hydrogen) atoms. The van der Waals surface area contributed by atoms with Gasteiger partial charge in [-0.15, -0.1) is 0 Å². The quantitative estimate of drug-likeness (QED) is 0.495. The van der Waals surface area contributed by atoms with Crippen molar-refractivity contribution in [2.24, 2.45) is 0 Å². The summed E-state index contributed by atoms with van der Waals surface area (Å²) in [6, 6.07) is 17.6. The number of nitrogens with zero attached hydrogens (tertiary/aromatic N) is 2. The van der Waals surface area contributed by atoms with Crippen LogP contribution >= 0.6 is 0 Å². The maximum absolute atomic E-state index is 12.7. The van der Waals surface area contributed by atoms with Crippen molar-refractivity contribution in [3.63, 3.8) is 0 Å². The number of benzene rings is 2. The number of aromatic amines is 1. The first-order valence-electron chi connectivity index (χ1n) is 8.17. The summed E-state index contributed by atoms with van der Waals surface area (Å²) < 4.78 is 2.25. The number of quaternary nitrogens is 1. The molecule has 0 aliphatic carbocycles. The van der Waals surface area contributed by atoms with Gasteiger partial charge in [0.05, 0.1) is 38.2 Å². The highest BCUT2D eigenvalue weighted by Gasteiger charge is 2.14. The summed E-state index contributed by atoms with van der Waals surface area (Å²) in [5.41, 5.74) is 10.2. The zero-order valence-corrected chi connectivity index (χ0v) is 15.0. The highest BCUT2D eigenvalue weighted by molar-refractivity contribution is 5.59. The summed E-state index contributed by atoms with van der Waals surface area (Å²) >= 11 is 0. The van der Waals surface area contributed by atoms with Gasteiger partial charge >= 0.3 is 0 Å². The van der Waals surface area contributed by atoms with Crippen molar-refractivity contribution < 1.29 is 0 Å². The predicted molar refractivity (Wildman–Crippen MR) is 104 cm³/mol. The second kappa shape index (κ2) is 6.49. The summed E-state index contributed by atoms with van der Waals surface area (Å²) in [6.45, 7) is 1.87. The molecule has 0 atom stereocenters. The fraction of sp³-hybridized carbons (Fsp3) is 0.211. The smallest absolute Gasteiger partial charge is 0.296 e. The summed E-state index contributed by atoms with van der Waals surface area (Å²) in [5, 5.41) is 3.10. The molecule has 0 fully saturated rings. The van der Waals surface area contributed by atoms with E-state index in [9.17, 15) is 4.79 Å². The van der Waals surface area contributed by atoms with E-state index in [2.05, 4.69) is 49.2 Å². The van der Waals surface area contributed by atoms with Crippen LogP contribution in [0.4, 0.5) is 17.1 Å². The summed E-state index contributed by atoms with van der Waals surface area (Å²) in [7, 11) is 6.34. The van der Waals surface area contributed by atoms with Crippen molar-refractivity contribution in [1.29, 1.82) is 0 Å². The number of nitrogens with one attached hydrogen (secondary N) is 3. The number of anilines is 2. The molecule has 0 bridgehead atoms. The molecule has 3 N–H and O–H groups in total. The zero-order valence-electron chi connectivity index (χ0n) is 15.0. The van der Waals surface area contributed by atoms with E-state index in [4.69, 9.17) is 0 Å². The second-order valence-corrected chi connectivity index (χ2v) is 6.90. The van der Waals surface area contributed by atoms with Crippen LogP contribution in [0.5, 0.6) is 0 Å². The van der Waals surface area contributed by atoms with Gasteiger partial charge in [-0.25, -0.2) is 4.68 Å². The van der Waals surface area contributed by atoms with Crippen molar-refractivity contribution in [3.8, 4) is 5.69 Å². The number of aromatic nitrogens is 2. The maximum Gasteiger partial charge on any atom is 0.296 e. The maximum atomic E-state index is 12.7. The Hall–Kier alpha value is -2.99. The van der Waals surface area contributed by atoms with Crippen LogP contribution in [0.2, 0.25) is 0 Å². The molecule has 6 heteroatoms. The van der Waals surface area contributed by atoms with Crippen LogP contribution < -0.4 is 20.9 Å². The Balaban J connectivity index is 1.83. The first kappa shape index (κ1) is 16.9. The molecule has 0 aliphatic rings. The molecular formula is C19H24N5O+. The third-order valence-electron chi connectivity index (χ3n) is 4.04. The fourth-order valence-corrected chi connectivity index (χ4v) is 2.59. The Morgan fingerprint density at radius 3 is 2.36 bits per heavy atom. The average Bonchev–Trinajstić information content (AvgIpc) is 2.88. The molecule has 0 aliphatic heterocycles. The molecule has 0 radical (unpaired) electrons. The van der Waals surface area contributed by atoms with Crippen molar-refractivity contribution in [3.05, 3.63) is 70.6 Å². The van der Waals surface area contributed by atoms with Gasteiger partial charge in [-0.1, -0.05) is 24.3 Å². The van der Waals surface area contributed by atoms with E-state index in [1.165, 1.54) is 10.4 Å². The first-order valence-corrected chi connectivity index (χ1v) is 8.17. The summed E-state index contributed by atoms with van der Waals surface area (Å²) in [5.74, 6) is 0. The molecule has 0 spiro atoms. The average molecular weight is 338 g/mol. The molecule has 130 valence electrons. The highest BCUT2D eigenvalue weighted by atomic mass is 16.1. The lowest BCUT2D eigenvalue weighted by Crippen LogP contribution is -2.34. The Labute approximate surface area is 147 Å². The topological polar surface area (TPSA) is 61.9 Å². The molecular weight excluding hydrogens is 314 g/mol. The number of hydrazine groups is 1. The Bertz CT molecular complexity index is 919. The van der Waals surface area contributed by atoms with Crippen LogP contribution in [-0.4, -0.2) is 30.9 Å². The van der Waals surface area contributed by atoms with E-state index < -0.39 is 0 Å². The highest BCUT2D eigenvalue weighted by Crippen LogP contribution is 2.21. The van der Waals surface area contributed by atoms with Gasteiger partial charge in [0.2, 0.25) is 0 Å². The van der Waals surface area contributed by atoms with Crippen LogP contribution in [-0.2, 0) is 0 Å². The van der Waals surface area contributed by atoms with E-state index in [0.717, 1.165) is 21.6 Å². The molecule has 0 saturated carbocycles. The van der Waals surface area contributed by atoms with Gasteiger partial charge < -0.3 is 5.43 Å². The molecule has 1 aromatic heterocycles. The van der Waals surface area contributed by atoms with E-state index in [0.29, 0.717) is 5.69 Å². The molecule has 6 nitrogen and oxygen atoms in total. The third-order valence-corrected chi connectivity index (χ3v) is 4.04. The van der Waals surface area contributed by atoms with Crippen molar-refractivity contribution in [1.82, 2.24) is 14.3 Å². The SMILES string of the molecule is Cc1[nH]n(-c2ccccc2)c(=O)c1NNc1cccc([N+](C)(C)C)c1. The number of para-hydroxylation sites is 1. The standard InChI is InChI=1S/C19H23N5O/c1-14-18(19(25)23(22-14)16-10-6-5-7-11-16)21-20-15-9-8-12-17(13-15)24(2,3)4/h5-13,20-21H,1-4H3/p+1. The van der Waals surface area contributed by atoms with Crippen LogP contribution in [0.3, 0.4) is 0 Å². The van der Waals surface area contributed by atoms with Gasteiger partial charge in [-0.05, 0) is 31.2 Å². The van der Waals surface area contributed by atoms with Crippen molar-refractivity contribution in [2.75, 3.05) is 32.0 Å². The number of rotatable bonds is 5. The summed E-state index contributed by atoms with van der Waals surface area (Å²) in [4.78, 5) is 12.7. The number of aryl methyl sites for hydroxylation is 1. The Morgan fingerprint density at radius 2 is 1.68 bits per heavy atom. The number of H-pyrrole nitrogens is 1. The molecule has 1 heterocycles. The predicted octanol–water partition coefficient (Wildman–Crippen LogP) is 3.11. The van der Waals surface area contributed by atoms with Gasteiger partial charge in [0.25, 0.3) is 5.56 Å². The fourth-order valence-electron chi connectivity index (χ4n) is 2.59. The molecule has 3 rings (SSSR count). The molecule has 2 aromatic carbocycles. The zero-order chi connectivity index (χ0) is 18.0. The lowest BCUT2D eigenvalue weighted by atomic mass is 10.2. The molecule has 3 aromatic rings. The van der Waals surface area contributed by atoms with Gasteiger partial charge in [0.1, 0.15) is 11.4 Å². The van der Waals surface area contributed by atoms with E-state index >= 15 is 0 Å². The van der Waals surface area contributed by atoms with Crippen LogP contribution in [0.1, 0.15) is 5.69 Å². The first-order chi connectivity index (χ1) is 11.9. The van der Waals surface area contributed by atoms with E-state index in [1.807, 2.05) is 49.4 Å². The molecule has 0 unspecified atom stereocenters. The Morgan fingerprint density at radius 1 is 0.960 bits per heavy atom. The summed E-state index contributed by atoms with van der Waals surface area (Å²) in [6.07, 6.45) is 0. The van der Waals surface area contributed by atoms with Gasteiger partial charge in [0.15, 0.2) is 0 Å². The molecule has 0 saturated heterocycles. The van der Waals surface area contributed by atoms with Crippen LogP contribution in [0.15, 0.2) is 59.4 Å². The monoisotopic (exact) mass is 338 g/mol. The third kappa shape index (κ3) is 3.59. The normalized spacial score (nSPS) is 11.4. The second-order valence-electron chi connectivity index (χ2n) is 6.90. The molecule has 0 amide bonds. The Kier molecular flexibility index (Phi) is 4.37. The minimum atomic E-state index is -0.126. The number of hydrogen-bond donors (Lipinski definition) is 3. The van der Waals surface area contributed by atoms with Gasteiger partial charge in [-0.2, -0.15) is 0 Å². The van der Waals surface area contributed by atoms with Crippen molar-refractivity contribution in [2.45, 2.75) is 6.92 Å². The van der Waals surface area contributed by atoms with Crippen molar-refractivity contribution >= 4 is 17.1 Å². The lowest BCUT2D eigenvalue weighted by molar-refractivity contribution is 0.486. The van der Waals surface area contributed by atoms with E-state index in [1.54, 1.807) is 0 Å². The number of hydrogen-bond acceptors (Lipinski definition) is 3. The lowest BCUT2D eigenvalue weighted by Gasteiger charge is -2.24. The minimum absolute atomic E-state index is 0.126. The van der Waals surface area contributed by atoms with Gasteiger partial charge in [-0.3, -0.25) is 19.8 Å². The van der Waals surface area contributed by atoms with E-state index in [-0.39, 0.29) is 5.56 Å². The minimum Gasteiger partial charge on any atom is -0.300 e. The van der Waals surface area contributed by atoms with Crippen LogP contribution in [0, 0.1) is 6.92 Å². The van der Waals surface area contributed by atoms with Crippen LogP contribution in [0.25, 0.3) is 5.69 Å². The van der Waals surface area contributed by atoms with Gasteiger partial charge in [0, 0.05) is 6.07 Å². The largest absolute Gasteiger partial charge is 0.300 e.